The maximum absolute atomic E-state index is 15.1. The van der Waals surface area contributed by atoms with Gasteiger partial charge in [0.25, 0.3) is 15.7 Å². The molecule has 0 radical (unpaired) electrons. The maximum Gasteiger partial charge on any atom is 0.414 e. The normalized spacial score (nSPS) is 18.6. The molecule has 0 saturated carbocycles. The SMILES string of the molecule is CS(=O)(=O)OC[C@H]1CN(c2cc(F)c(N3CCn4c(=O)c5cccnc5n4CC3)c(F)c2)C(=O)O1. The zero-order valence-corrected chi connectivity index (χ0v) is 19.4. The number of carbonyl (C=O) groups excluding carboxylic acids is 1. The number of benzene rings is 1. The van der Waals surface area contributed by atoms with Crippen LogP contribution in [-0.2, 0) is 32.1 Å². The average molecular weight is 509 g/mol. The van der Waals surface area contributed by atoms with Crippen molar-refractivity contribution >= 4 is 38.6 Å². The Labute approximate surface area is 198 Å². The zero-order valence-electron chi connectivity index (χ0n) is 18.6. The quantitative estimate of drug-likeness (QED) is 0.473. The van der Waals surface area contributed by atoms with Gasteiger partial charge in [-0.05, 0) is 12.1 Å². The molecule has 2 aliphatic rings. The summed E-state index contributed by atoms with van der Waals surface area (Å²) < 4.78 is 65.5. The van der Waals surface area contributed by atoms with Gasteiger partial charge in [0.05, 0.1) is 37.0 Å². The number of ether oxygens (including phenoxy) is 1. The highest BCUT2D eigenvalue weighted by Crippen LogP contribution is 2.31. The number of carbonyl (C=O) groups is 1. The highest BCUT2D eigenvalue weighted by atomic mass is 32.2. The molecule has 0 unspecified atom stereocenters. The molecule has 186 valence electrons. The number of rotatable bonds is 5. The van der Waals surface area contributed by atoms with E-state index in [0.717, 1.165) is 23.3 Å². The third kappa shape index (κ3) is 4.34. The Bertz CT molecular complexity index is 1460. The molecule has 0 spiro atoms. The molecule has 4 heterocycles. The lowest BCUT2D eigenvalue weighted by Crippen LogP contribution is -2.30. The molecule has 5 rings (SSSR count). The minimum absolute atomic E-state index is 0.0666. The number of pyridine rings is 1. The van der Waals surface area contributed by atoms with E-state index in [-0.39, 0.29) is 49.7 Å². The summed E-state index contributed by atoms with van der Waals surface area (Å²) >= 11 is 0. The van der Waals surface area contributed by atoms with E-state index < -0.39 is 40.6 Å². The van der Waals surface area contributed by atoms with Gasteiger partial charge in [-0.3, -0.25) is 18.6 Å². The van der Waals surface area contributed by atoms with Crippen molar-refractivity contribution in [2.75, 3.05) is 42.3 Å². The number of hydrogen-bond donors (Lipinski definition) is 0. The summed E-state index contributed by atoms with van der Waals surface area (Å²) in [4.78, 5) is 31.7. The first-order valence-electron chi connectivity index (χ1n) is 10.7. The first-order valence-corrected chi connectivity index (χ1v) is 12.5. The molecule has 2 aliphatic heterocycles. The van der Waals surface area contributed by atoms with Crippen LogP contribution in [0.1, 0.15) is 0 Å². The van der Waals surface area contributed by atoms with Crippen LogP contribution in [0.15, 0.2) is 35.3 Å². The van der Waals surface area contributed by atoms with Crippen LogP contribution in [-0.4, -0.2) is 67.5 Å². The lowest BCUT2D eigenvalue weighted by molar-refractivity contribution is 0.107. The van der Waals surface area contributed by atoms with Crippen LogP contribution in [0.2, 0.25) is 0 Å². The van der Waals surface area contributed by atoms with Gasteiger partial charge < -0.3 is 9.64 Å². The molecule has 1 atom stereocenters. The number of cyclic esters (lactones) is 1. The summed E-state index contributed by atoms with van der Waals surface area (Å²) in [7, 11) is -3.74. The van der Waals surface area contributed by atoms with Gasteiger partial charge in [-0.2, -0.15) is 8.42 Å². The van der Waals surface area contributed by atoms with Crippen LogP contribution >= 0.6 is 0 Å². The number of nitrogens with zero attached hydrogens (tertiary/aromatic N) is 5. The van der Waals surface area contributed by atoms with Crippen molar-refractivity contribution in [2.24, 2.45) is 0 Å². The summed E-state index contributed by atoms with van der Waals surface area (Å²) in [5.41, 5.74) is -0.0387. The van der Waals surface area contributed by atoms with Crippen molar-refractivity contribution in [3.05, 3.63) is 52.5 Å². The number of anilines is 2. The molecule has 2 aromatic heterocycles. The molecule has 3 aromatic rings. The van der Waals surface area contributed by atoms with E-state index in [0.29, 0.717) is 11.0 Å². The van der Waals surface area contributed by atoms with Crippen molar-refractivity contribution < 1.29 is 30.9 Å². The van der Waals surface area contributed by atoms with E-state index in [1.807, 2.05) is 0 Å². The molecule has 14 heteroatoms. The largest absolute Gasteiger partial charge is 0.441 e. The Hall–Kier alpha value is -3.52. The van der Waals surface area contributed by atoms with Crippen molar-refractivity contribution in [1.29, 1.82) is 0 Å². The number of halogens is 2. The Balaban J connectivity index is 1.36. The van der Waals surface area contributed by atoms with Gasteiger partial charge in [-0.15, -0.1) is 0 Å². The van der Waals surface area contributed by atoms with Crippen LogP contribution in [0.25, 0.3) is 11.0 Å². The maximum atomic E-state index is 15.1. The molecule has 0 bridgehead atoms. The summed E-state index contributed by atoms with van der Waals surface area (Å²) in [6.45, 7) is 0.368. The summed E-state index contributed by atoms with van der Waals surface area (Å²) in [5.74, 6) is -1.77. The number of aromatic nitrogens is 3. The highest BCUT2D eigenvalue weighted by Gasteiger charge is 2.34. The standard InChI is InChI=1S/C21H21F2N5O6S/c1-35(31,32)33-12-14-11-26(21(30)34-14)13-9-16(22)18(17(23)10-13)25-5-7-27-19-15(3-2-4-24-19)20(29)28(27)8-6-25/h2-4,9-10,14H,5-8,11-12H2,1H3/t14-/m1/s1. The molecule has 11 nitrogen and oxygen atoms in total. The van der Waals surface area contributed by atoms with Gasteiger partial charge >= 0.3 is 6.09 Å². The van der Waals surface area contributed by atoms with Crippen LogP contribution in [0.4, 0.5) is 25.0 Å². The van der Waals surface area contributed by atoms with Crippen LogP contribution in [0.5, 0.6) is 0 Å². The van der Waals surface area contributed by atoms with Crippen molar-refractivity contribution in [3.8, 4) is 0 Å². The third-order valence-corrected chi connectivity index (χ3v) is 6.49. The summed E-state index contributed by atoms with van der Waals surface area (Å²) in [6.07, 6.45) is 0.661. The van der Waals surface area contributed by atoms with E-state index in [9.17, 15) is 18.0 Å². The van der Waals surface area contributed by atoms with Crippen LogP contribution in [0, 0.1) is 11.6 Å². The minimum atomic E-state index is -3.74. The van der Waals surface area contributed by atoms with Gasteiger partial charge in [0.15, 0.2) is 17.3 Å². The molecule has 35 heavy (non-hydrogen) atoms. The van der Waals surface area contributed by atoms with E-state index in [2.05, 4.69) is 9.17 Å². The molecule has 0 aliphatic carbocycles. The van der Waals surface area contributed by atoms with Crippen LogP contribution in [0.3, 0.4) is 0 Å². The molecule has 1 aromatic carbocycles. The van der Waals surface area contributed by atoms with Crippen molar-refractivity contribution in [2.45, 2.75) is 19.2 Å². The third-order valence-electron chi connectivity index (χ3n) is 5.92. The summed E-state index contributed by atoms with van der Waals surface area (Å²) in [6, 6.07) is 5.41. The molecular formula is C21H21F2N5O6S. The fourth-order valence-corrected chi connectivity index (χ4v) is 4.78. The number of amides is 1. The second-order valence-electron chi connectivity index (χ2n) is 8.28. The topological polar surface area (TPSA) is 116 Å². The second-order valence-corrected chi connectivity index (χ2v) is 9.92. The van der Waals surface area contributed by atoms with E-state index in [4.69, 9.17) is 4.74 Å². The van der Waals surface area contributed by atoms with E-state index >= 15 is 8.78 Å². The Morgan fingerprint density at radius 2 is 1.80 bits per heavy atom. The first-order chi connectivity index (χ1) is 16.6. The van der Waals surface area contributed by atoms with E-state index in [1.165, 1.54) is 9.58 Å². The number of fused-ring (bicyclic) bond motifs is 3. The predicted molar refractivity (Wildman–Crippen MR) is 121 cm³/mol. The average Bonchev–Trinajstić information content (AvgIpc) is 3.20. The molecule has 1 saturated heterocycles. The lowest BCUT2D eigenvalue weighted by Gasteiger charge is -2.24. The van der Waals surface area contributed by atoms with Gasteiger partial charge in [-0.25, -0.2) is 23.2 Å². The Morgan fingerprint density at radius 1 is 1.11 bits per heavy atom. The monoisotopic (exact) mass is 509 g/mol. The molecule has 1 fully saturated rings. The van der Waals surface area contributed by atoms with Crippen molar-refractivity contribution in [1.82, 2.24) is 14.3 Å². The Morgan fingerprint density at radius 3 is 2.49 bits per heavy atom. The second kappa shape index (κ2) is 8.61. The number of hydrogen-bond acceptors (Lipinski definition) is 8. The van der Waals surface area contributed by atoms with Crippen molar-refractivity contribution in [3.63, 3.8) is 0 Å². The predicted octanol–water partition coefficient (Wildman–Crippen LogP) is 1.30. The zero-order chi connectivity index (χ0) is 24.9. The van der Waals surface area contributed by atoms with E-state index in [1.54, 1.807) is 23.0 Å². The van der Waals surface area contributed by atoms with Gasteiger partial charge in [-0.1, -0.05) is 0 Å². The first kappa shape index (κ1) is 23.2. The molecule has 1 amide bonds. The fourth-order valence-electron chi connectivity index (χ4n) is 4.38. The fraction of sp³-hybridized carbons (Fsp3) is 0.381. The van der Waals surface area contributed by atoms with Gasteiger partial charge in [0.1, 0.15) is 18.4 Å². The lowest BCUT2D eigenvalue weighted by atomic mass is 10.2. The summed E-state index contributed by atoms with van der Waals surface area (Å²) in [5, 5.41) is 0.486. The smallest absolute Gasteiger partial charge is 0.414 e. The minimum Gasteiger partial charge on any atom is -0.441 e. The molecular weight excluding hydrogens is 488 g/mol. The Kier molecular flexibility index (Phi) is 5.71. The van der Waals surface area contributed by atoms with Gasteiger partial charge in [0.2, 0.25) is 0 Å². The molecule has 0 N–H and O–H groups in total. The van der Waals surface area contributed by atoms with Crippen LogP contribution < -0.4 is 15.4 Å². The van der Waals surface area contributed by atoms with Gasteiger partial charge in [0, 0.05) is 31.4 Å². The highest BCUT2D eigenvalue weighted by molar-refractivity contribution is 7.85.